The number of rotatable bonds is 6. The van der Waals surface area contributed by atoms with Crippen molar-refractivity contribution in [2.45, 2.75) is 0 Å². The molecule has 0 saturated carbocycles. The predicted octanol–water partition coefficient (Wildman–Crippen LogP) is 5.14. The van der Waals surface area contributed by atoms with Gasteiger partial charge in [0.05, 0.1) is 5.69 Å². The van der Waals surface area contributed by atoms with E-state index < -0.39 is 47.3 Å². The lowest BCUT2D eigenvalue weighted by Gasteiger charge is -2.23. The highest BCUT2D eigenvalue weighted by Gasteiger charge is 2.23. The maximum Gasteiger partial charge on any atom is 0.341 e. The van der Waals surface area contributed by atoms with Gasteiger partial charge in [-0.1, -0.05) is 24.3 Å². The van der Waals surface area contributed by atoms with E-state index in [0.29, 0.717) is 0 Å². The van der Waals surface area contributed by atoms with Gasteiger partial charge in [-0.3, -0.25) is 0 Å². The van der Waals surface area contributed by atoms with Gasteiger partial charge < -0.3 is 14.7 Å². The summed E-state index contributed by atoms with van der Waals surface area (Å²) in [7, 11) is 1.25. The van der Waals surface area contributed by atoms with Gasteiger partial charge in [-0.25, -0.2) is 22.4 Å². The van der Waals surface area contributed by atoms with Gasteiger partial charge in [-0.15, -0.1) is 0 Å². The molecule has 150 valence electrons. The molecule has 0 fully saturated rings. The molecule has 3 aromatic rings. The van der Waals surface area contributed by atoms with Crippen molar-refractivity contribution >= 4 is 17.3 Å². The summed E-state index contributed by atoms with van der Waals surface area (Å²) in [5, 5.41) is 8.66. The van der Waals surface area contributed by atoms with Crippen LogP contribution in [0.25, 0.3) is 11.1 Å². The molecule has 0 bridgehead atoms. The highest BCUT2D eigenvalue weighted by molar-refractivity contribution is 5.74. The largest absolute Gasteiger partial charge is 0.479 e. The summed E-state index contributed by atoms with van der Waals surface area (Å²) in [6.07, 6.45) is 0. The fraction of sp³-hybridized carbons (Fsp3) is 0.0952. The summed E-state index contributed by atoms with van der Waals surface area (Å²) < 4.78 is 62.5. The Labute approximate surface area is 163 Å². The smallest absolute Gasteiger partial charge is 0.341 e. The average Bonchev–Trinajstić information content (AvgIpc) is 2.67. The van der Waals surface area contributed by atoms with Crippen molar-refractivity contribution < 1.29 is 32.2 Å². The van der Waals surface area contributed by atoms with Gasteiger partial charge in [0.15, 0.2) is 24.0 Å². The van der Waals surface area contributed by atoms with Crippen LogP contribution in [-0.4, -0.2) is 24.7 Å². The Morgan fingerprint density at radius 2 is 1.72 bits per heavy atom. The topological polar surface area (TPSA) is 49.8 Å². The monoisotopic (exact) mass is 405 g/mol. The van der Waals surface area contributed by atoms with Crippen molar-refractivity contribution in [2.75, 3.05) is 18.6 Å². The number of carboxylic acid groups (broad SMARTS) is 1. The van der Waals surface area contributed by atoms with Crippen molar-refractivity contribution in [3.8, 4) is 16.9 Å². The molecular formula is C21H15F4NO3. The van der Waals surface area contributed by atoms with Crippen LogP contribution in [0, 0.1) is 23.3 Å². The minimum atomic E-state index is -1.34. The summed E-state index contributed by atoms with van der Waals surface area (Å²) in [4.78, 5) is 11.6. The second-order valence-corrected chi connectivity index (χ2v) is 6.10. The van der Waals surface area contributed by atoms with Gasteiger partial charge >= 0.3 is 5.97 Å². The molecule has 3 aromatic carbocycles. The third kappa shape index (κ3) is 4.16. The fourth-order valence-electron chi connectivity index (χ4n) is 2.86. The maximum absolute atomic E-state index is 15.1. The zero-order valence-corrected chi connectivity index (χ0v) is 15.1. The van der Waals surface area contributed by atoms with Crippen molar-refractivity contribution in [2.24, 2.45) is 0 Å². The van der Waals surface area contributed by atoms with Gasteiger partial charge in [-0.05, 0) is 35.9 Å². The number of aliphatic carboxylic acids is 1. The third-order valence-electron chi connectivity index (χ3n) is 4.19. The minimum Gasteiger partial charge on any atom is -0.479 e. The van der Waals surface area contributed by atoms with Gasteiger partial charge in [0.25, 0.3) is 0 Å². The first-order valence-corrected chi connectivity index (χ1v) is 8.40. The number of anilines is 2. The molecular weight excluding hydrogens is 390 g/mol. The zero-order chi connectivity index (χ0) is 21.1. The number of ether oxygens (including phenoxy) is 1. The lowest BCUT2D eigenvalue weighted by molar-refractivity contribution is -0.139. The molecule has 0 aliphatic rings. The standard InChI is InChI=1S/C21H15F4NO3/c1-26(21-15(23)8-9-17(20(21)25)29-11-18(27)28)16-7-3-6-14(19(16)24)12-4-2-5-13(22)10-12/h2-10H,11H2,1H3,(H,27,28). The zero-order valence-electron chi connectivity index (χ0n) is 15.1. The molecule has 0 unspecified atom stereocenters. The number of carboxylic acids is 1. The van der Waals surface area contributed by atoms with Crippen LogP contribution < -0.4 is 9.64 Å². The fourth-order valence-corrected chi connectivity index (χ4v) is 2.86. The first-order chi connectivity index (χ1) is 13.8. The Balaban J connectivity index is 2.05. The van der Waals surface area contributed by atoms with E-state index in [1.54, 1.807) is 0 Å². The van der Waals surface area contributed by atoms with Crippen molar-refractivity contribution in [1.29, 1.82) is 0 Å². The summed E-state index contributed by atoms with van der Waals surface area (Å²) in [6, 6.07) is 11.3. The predicted molar refractivity (Wildman–Crippen MR) is 99.3 cm³/mol. The van der Waals surface area contributed by atoms with E-state index in [1.165, 1.54) is 43.4 Å². The molecule has 0 atom stereocenters. The van der Waals surface area contributed by atoms with Gasteiger partial charge in [0.1, 0.15) is 17.3 Å². The number of hydrogen-bond donors (Lipinski definition) is 1. The number of carbonyl (C=O) groups is 1. The summed E-state index contributed by atoms with van der Waals surface area (Å²) in [5.74, 6) is -5.36. The third-order valence-corrected chi connectivity index (χ3v) is 4.19. The van der Waals surface area contributed by atoms with Crippen LogP contribution >= 0.6 is 0 Å². The van der Waals surface area contributed by atoms with E-state index in [2.05, 4.69) is 0 Å². The van der Waals surface area contributed by atoms with E-state index in [1.807, 2.05) is 0 Å². The number of benzene rings is 3. The molecule has 1 N–H and O–H groups in total. The first-order valence-electron chi connectivity index (χ1n) is 8.40. The molecule has 8 heteroatoms. The molecule has 3 rings (SSSR count). The van der Waals surface area contributed by atoms with E-state index in [-0.39, 0.29) is 16.8 Å². The van der Waals surface area contributed by atoms with Crippen LogP contribution in [-0.2, 0) is 4.79 Å². The molecule has 0 aliphatic heterocycles. The number of hydrogen-bond acceptors (Lipinski definition) is 3. The quantitative estimate of drug-likeness (QED) is 0.577. The molecule has 0 amide bonds. The Kier molecular flexibility index (Phi) is 5.72. The summed E-state index contributed by atoms with van der Waals surface area (Å²) >= 11 is 0. The molecule has 0 saturated heterocycles. The molecule has 0 spiro atoms. The number of nitrogens with zero attached hydrogens (tertiary/aromatic N) is 1. The van der Waals surface area contributed by atoms with Crippen molar-refractivity contribution in [3.63, 3.8) is 0 Å². The average molecular weight is 405 g/mol. The van der Waals surface area contributed by atoms with Crippen LogP contribution in [0.4, 0.5) is 28.9 Å². The Morgan fingerprint density at radius 3 is 2.41 bits per heavy atom. The molecule has 0 aromatic heterocycles. The summed E-state index contributed by atoms with van der Waals surface area (Å²) in [6.45, 7) is -0.824. The van der Waals surface area contributed by atoms with Crippen LogP contribution in [0.3, 0.4) is 0 Å². The molecule has 0 heterocycles. The van der Waals surface area contributed by atoms with Crippen molar-refractivity contribution in [1.82, 2.24) is 0 Å². The van der Waals surface area contributed by atoms with E-state index in [0.717, 1.165) is 23.1 Å². The molecule has 29 heavy (non-hydrogen) atoms. The van der Waals surface area contributed by atoms with E-state index >= 15 is 4.39 Å². The SMILES string of the molecule is CN(c1cccc(-c2cccc(F)c2)c1F)c1c(F)ccc(OCC(=O)O)c1F. The second kappa shape index (κ2) is 8.22. The maximum atomic E-state index is 15.1. The number of halogens is 4. The highest BCUT2D eigenvalue weighted by atomic mass is 19.1. The van der Waals surface area contributed by atoms with Crippen LogP contribution in [0.15, 0.2) is 54.6 Å². The molecule has 4 nitrogen and oxygen atoms in total. The van der Waals surface area contributed by atoms with Crippen LogP contribution in [0.2, 0.25) is 0 Å². The first kappa shape index (κ1) is 20.2. The lowest BCUT2D eigenvalue weighted by atomic mass is 10.0. The molecule has 0 aliphatic carbocycles. The minimum absolute atomic E-state index is 0.0490. The Morgan fingerprint density at radius 1 is 1.00 bits per heavy atom. The molecule has 0 radical (unpaired) electrons. The highest BCUT2D eigenvalue weighted by Crippen LogP contribution is 2.37. The van der Waals surface area contributed by atoms with E-state index in [9.17, 15) is 18.0 Å². The van der Waals surface area contributed by atoms with Gasteiger partial charge in [0, 0.05) is 12.6 Å². The Hall–Kier alpha value is -3.55. The van der Waals surface area contributed by atoms with Crippen molar-refractivity contribution in [3.05, 3.63) is 77.9 Å². The van der Waals surface area contributed by atoms with Gasteiger partial charge in [-0.2, -0.15) is 0 Å². The summed E-state index contributed by atoms with van der Waals surface area (Å²) in [5.41, 5.74) is -0.478. The van der Waals surface area contributed by atoms with Crippen LogP contribution in [0.5, 0.6) is 5.75 Å². The Bertz CT molecular complexity index is 1070. The van der Waals surface area contributed by atoms with Gasteiger partial charge in [0.2, 0.25) is 0 Å². The van der Waals surface area contributed by atoms with E-state index in [4.69, 9.17) is 9.84 Å². The van der Waals surface area contributed by atoms with Crippen LogP contribution in [0.1, 0.15) is 0 Å². The second-order valence-electron chi connectivity index (χ2n) is 6.10. The normalized spacial score (nSPS) is 10.7. The lowest BCUT2D eigenvalue weighted by Crippen LogP contribution is -2.17.